The van der Waals surface area contributed by atoms with E-state index in [0.717, 1.165) is 12.8 Å². The fraction of sp³-hybridized carbons (Fsp3) is 0.550. The normalized spacial score (nSPS) is 22.7. The van der Waals surface area contributed by atoms with Gasteiger partial charge in [0.05, 0.1) is 20.8 Å². The van der Waals surface area contributed by atoms with Gasteiger partial charge in [0.1, 0.15) is 11.5 Å². The van der Waals surface area contributed by atoms with Crippen LogP contribution in [0, 0.1) is 0 Å². The predicted octanol–water partition coefficient (Wildman–Crippen LogP) is 2.69. The molecular weight excluding hydrogens is 381 g/mol. The van der Waals surface area contributed by atoms with Crippen LogP contribution in [-0.4, -0.2) is 61.5 Å². The minimum absolute atomic E-state index is 0.0579. The van der Waals surface area contributed by atoms with Gasteiger partial charge in [-0.2, -0.15) is 4.98 Å². The van der Waals surface area contributed by atoms with Crippen LogP contribution in [-0.2, 0) is 10.4 Å². The summed E-state index contributed by atoms with van der Waals surface area (Å²) in [4.78, 5) is 18.7. The third-order valence-electron chi connectivity index (χ3n) is 5.52. The number of hydrogen-bond acceptors (Lipinski definition) is 7. The van der Waals surface area contributed by atoms with Crippen molar-refractivity contribution in [1.29, 1.82) is 0 Å². The molecule has 29 heavy (non-hydrogen) atoms. The van der Waals surface area contributed by atoms with E-state index in [-0.39, 0.29) is 37.2 Å². The first-order valence-electron chi connectivity index (χ1n) is 9.65. The zero-order valence-corrected chi connectivity index (χ0v) is 16.5. The second-order valence-corrected chi connectivity index (χ2v) is 7.39. The average molecular weight is 405 g/mol. The molecule has 1 aromatic heterocycles. The lowest BCUT2D eigenvalue weighted by molar-refractivity contribution is 0.0716. The molecule has 0 N–H and O–H groups in total. The summed E-state index contributed by atoms with van der Waals surface area (Å²) in [6.45, 7) is 1.40. The van der Waals surface area contributed by atoms with Crippen molar-refractivity contribution in [3.05, 3.63) is 35.5 Å². The maximum atomic E-state index is 15.6. The first-order valence-corrected chi connectivity index (χ1v) is 9.65. The average Bonchev–Trinajstić information content (AvgIpc) is 3.42. The van der Waals surface area contributed by atoms with Gasteiger partial charge in [-0.3, -0.25) is 4.79 Å². The molecule has 0 spiro atoms. The molecule has 1 aromatic carbocycles. The molecule has 2 aliphatic heterocycles. The number of amides is 1. The first kappa shape index (κ1) is 19.6. The molecule has 2 fully saturated rings. The number of carbonyl (C=O) groups is 1. The maximum Gasteiger partial charge on any atom is 0.266 e. The predicted molar refractivity (Wildman–Crippen MR) is 99.9 cm³/mol. The molecule has 1 amide bonds. The Labute approximate surface area is 167 Å². The van der Waals surface area contributed by atoms with Crippen LogP contribution < -0.4 is 9.47 Å². The number of likely N-dealkylation sites (tertiary alicyclic amines) is 1. The van der Waals surface area contributed by atoms with Crippen LogP contribution in [0.1, 0.15) is 47.3 Å². The quantitative estimate of drug-likeness (QED) is 0.756. The number of benzene rings is 1. The van der Waals surface area contributed by atoms with E-state index in [2.05, 4.69) is 10.1 Å². The highest BCUT2D eigenvalue weighted by Gasteiger charge is 2.47. The minimum Gasteiger partial charge on any atom is -0.497 e. The molecule has 2 aliphatic rings. The molecule has 0 radical (unpaired) electrons. The van der Waals surface area contributed by atoms with Crippen molar-refractivity contribution in [2.45, 2.75) is 30.8 Å². The lowest BCUT2D eigenvalue weighted by atomic mass is 9.99. The smallest absolute Gasteiger partial charge is 0.266 e. The van der Waals surface area contributed by atoms with Gasteiger partial charge in [-0.05, 0) is 25.0 Å². The second-order valence-electron chi connectivity index (χ2n) is 7.39. The van der Waals surface area contributed by atoms with Gasteiger partial charge >= 0.3 is 0 Å². The Kier molecular flexibility index (Phi) is 5.40. The number of halogens is 1. The molecule has 0 bridgehead atoms. The molecule has 4 rings (SSSR count). The lowest BCUT2D eigenvalue weighted by Crippen LogP contribution is -2.32. The number of nitrogens with zero attached hydrogens (tertiary/aromatic N) is 3. The van der Waals surface area contributed by atoms with Crippen LogP contribution in [0.15, 0.2) is 22.7 Å². The molecule has 1 atom stereocenters. The van der Waals surface area contributed by atoms with Crippen LogP contribution in [0.4, 0.5) is 4.39 Å². The number of hydrogen-bond donors (Lipinski definition) is 0. The van der Waals surface area contributed by atoms with Gasteiger partial charge in [-0.1, -0.05) is 5.16 Å². The van der Waals surface area contributed by atoms with Gasteiger partial charge in [0.25, 0.3) is 11.8 Å². The minimum atomic E-state index is -1.85. The fourth-order valence-electron chi connectivity index (χ4n) is 3.77. The van der Waals surface area contributed by atoms with E-state index in [1.165, 1.54) is 19.1 Å². The number of alkyl halides is 1. The molecule has 8 nitrogen and oxygen atoms in total. The molecule has 1 unspecified atom stereocenters. The monoisotopic (exact) mass is 405 g/mol. The Morgan fingerprint density at radius 3 is 2.55 bits per heavy atom. The Bertz CT molecular complexity index is 861. The van der Waals surface area contributed by atoms with Crippen molar-refractivity contribution >= 4 is 5.91 Å². The summed E-state index contributed by atoms with van der Waals surface area (Å²) in [6, 6.07) is 4.90. The van der Waals surface area contributed by atoms with Crippen LogP contribution in [0.5, 0.6) is 11.5 Å². The maximum absolute atomic E-state index is 15.6. The summed E-state index contributed by atoms with van der Waals surface area (Å²) < 4.78 is 36.6. The number of methoxy groups -OCH3 is 2. The van der Waals surface area contributed by atoms with E-state index < -0.39 is 5.67 Å². The topological polar surface area (TPSA) is 86.9 Å². The fourth-order valence-corrected chi connectivity index (χ4v) is 3.77. The van der Waals surface area contributed by atoms with Gasteiger partial charge in [-0.15, -0.1) is 0 Å². The van der Waals surface area contributed by atoms with Crippen molar-refractivity contribution in [3.63, 3.8) is 0 Å². The van der Waals surface area contributed by atoms with E-state index in [9.17, 15) is 4.79 Å². The zero-order chi connectivity index (χ0) is 20.4. The van der Waals surface area contributed by atoms with Gasteiger partial charge in [-0.25, -0.2) is 4.39 Å². The van der Waals surface area contributed by atoms with E-state index in [1.54, 1.807) is 18.2 Å². The van der Waals surface area contributed by atoms with Crippen LogP contribution >= 0.6 is 0 Å². The number of ether oxygens (including phenoxy) is 3. The summed E-state index contributed by atoms with van der Waals surface area (Å²) in [6.07, 6.45) is 1.69. The summed E-state index contributed by atoms with van der Waals surface area (Å²) in [5, 5.41) is 3.98. The molecule has 0 aliphatic carbocycles. The summed E-state index contributed by atoms with van der Waals surface area (Å²) in [7, 11) is 3.02. The summed E-state index contributed by atoms with van der Waals surface area (Å²) in [5.41, 5.74) is -1.48. The number of rotatable bonds is 5. The van der Waals surface area contributed by atoms with Crippen molar-refractivity contribution in [1.82, 2.24) is 15.0 Å². The Hall–Kier alpha value is -2.68. The van der Waals surface area contributed by atoms with Crippen LogP contribution in [0.25, 0.3) is 0 Å². The third-order valence-corrected chi connectivity index (χ3v) is 5.52. The highest BCUT2D eigenvalue weighted by atomic mass is 19.1. The largest absolute Gasteiger partial charge is 0.497 e. The molecule has 9 heteroatoms. The molecule has 3 heterocycles. The highest BCUT2D eigenvalue weighted by Crippen LogP contribution is 2.37. The molecule has 2 saturated heterocycles. The first-order chi connectivity index (χ1) is 14.0. The van der Waals surface area contributed by atoms with E-state index in [4.69, 9.17) is 18.7 Å². The van der Waals surface area contributed by atoms with Crippen molar-refractivity contribution in [2.24, 2.45) is 0 Å². The van der Waals surface area contributed by atoms with Gasteiger partial charge in [0.2, 0.25) is 5.67 Å². The lowest BCUT2D eigenvalue weighted by Gasteiger charge is -2.19. The summed E-state index contributed by atoms with van der Waals surface area (Å²) in [5.74, 6) is 1.27. The van der Waals surface area contributed by atoms with Gasteiger partial charge in [0.15, 0.2) is 5.82 Å². The van der Waals surface area contributed by atoms with E-state index in [1.807, 2.05) is 0 Å². The molecular formula is C20H24FN3O5. The van der Waals surface area contributed by atoms with Gasteiger partial charge in [0, 0.05) is 43.7 Å². The zero-order valence-electron chi connectivity index (χ0n) is 16.5. The van der Waals surface area contributed by atoms with Crippen LogP contribution in [0.2, 0.25) is 0 Å². The SMILES string of the molecule is COc1cc(OC)cc(C(=O)N2CCC(F)(c3nc(C4CCOCC4)no3)C2)c1. The van der Waals surface area contributed by atoms with Crippen molar-refractivity contribution in [2.75, 3.05) is 40.5 Å². The van der Waals surface area contributed by atoms with E-state index >= 15 is 4.39 Å². The Morgan fingerprint density at radius 2 is 1.90 bits per heavy atom. The van der Waals surface area contributed by atoms with Gasteiger partial charge < -0.3 is 23.6 Å². The second kappa shape index (κ2) is 7.98. The molecule has 0 saturated carbocycles. The third kappa shape index (κ3) is 3.91. The van der Waals surface area contributed by atoms with Crippen molar-refractivity contribution < 1.29 is 27.9 Å². The Morgan fingerprint density at radius 1 is 1.21 bits per heavy atom. The number of carbonyl (C=O) groups excluding carboxylic acids is 1. The Balaban J connectivity index is 1.49. The molecule has 156 valence electrons. The number of aromatic nitrogens is 2. The molecule has 2 aromatic rings. The summed E-state index contributed by atoms with van der Waals surface area (Å²) >= 11 is 0. The van der Waals surface area contributed by atoms with E-state index in [0.29, 0.717) is 36.1 Å². The van der Waals surface area contributed by atoms with Crippen molar-refractivity contribution in [3.8, 4) is 11.5 Å². The highest BCUT2D eigenvalue weighted by molar-refractivity contribution is 5.95. The van der Waals surface area contributed by atoms with Crippen LogP contribution in [0.3, 0.4) is 0 Å². The standard InChI is InChI=1S/C20H24FN3O5/c1-26-15-9-14(10-16(11-15)27-2)18(25)24-6-5-20(21,12-24)19-22-17(23-29-19)13-3-7-28-8-4-13/h9-11,13H,3-8,12H2,1-2H3.